The Morgan fingerprint density at radius 3 is 2.55 bits per heavy atom. The molecule has 1 spiro atoms. The van der Waals surface area contributed by atoms with E-state index < -0.39 is 0 Å². The number of hydrogen-bond acceptors (Lipinski definition) is 4. The number of rotatable bonds is 3. The first kappa shape index (κ1) is 15.1. The molecule has 0 radical (unpaired) electrons. The molecule has 0 unspecified atom stereocenters. The lowest BCUT2D eigenvalue weighted by atomic mass is 9.64. The van der Waals surface area contributed by atoms with Gasteiger partial charge < -0.3 is 9.47 Å². The standard InChI is InChI=1S/C16H24O4/c1-4-19-15(18)14-11(2)9-13(20-12(3)17)10-16(14)7-5-6-8-16/h9,13-14H,4-8,10H2,1-3H3/t13-,14-/m0/s1. The summed E-state index contributed by atoms with van der Waals surface area (Å²) in [6.45, 7) is 5.63. The van der Waals surface area contributed by atoms with Crippen molar-refractivity contribution < 1.29 is 19.1 Å². The maximum absolute atomic E-state index is 12.3. The van der Waals surface area contributed by atoms with Gasteiger partial charge in [-0.2, -0.15) is 0 Å². The van der Waals surface area contributed by atoms with Crippen LogP contribution >= 0.6 is 0 Å². The highest BCUT2D eigenvalue weighted by Crippen LogP contribution is 2.53. The zero-order valence-corrected chi connectivity index (χ0v) is 12.6. The smallest absolute Gasteiger partial charge is 0.313 e. The van der Waals surface area contributed by atoms with E-state index in [2.05, 4.69) is 0 Å². The van der Waals surface area contributed by atoms with Crippen molar-refractivity contribution in [2.45, 2.75) is 59.0 Å². The maximum atomic E-state index is 12.3. The fourth-order valence-corrected chi connectivity index (χ4v) is 3.97. The number of carbonyl (C=O) groups is 2. The predicted octanol–water partition coefficient (Wildman–Crippen LogP) is 3.01. The predicted molar refractivity (Wildman–Crippen MR) is 75.0 cm³/mol. The third-order valence-corrected chi connectivity index (χ3v) is 4.56. The Morgan fingerprint density at radius 2 is 2.00 bits per heavy atom. The van der Waals surface area contributed by atoms with Gasteiger partial charge in [-0.3, -0.25) is 9.59 Å². The molecule has 0 bridgehead atoms. The van der Waals surface area contributed by atoms with Crippen molar-refractivity contribution in [1.82, 2.24) is 0 Å². The van der Waals surface area contributed by atoms with E-state index >= 15 is 0 Å². The number of carbonyl (C=O) groups excluding carboxylic acids is 2. The van der Waals surface area contributed by atoms with Gasteiger partial charge in [0.2, 0.25) is 0 Å². The normalized spacial score (nSPS) is 28.1. The van der Waals surface area contributed by atoms with Crippen LogP contribution in [0.1, 0.15) is 52.9 Å². The van der Waals surface area contributed by atoms with E-state index in [1.807, 2.05) is 19.9 Å². The van der Waals surface area contributed by atoms with Gasteiger partial charge in [-0.05, 0) is 44.6 Å². The minimum atomic E-state index is -0.262. The van der Waals surface area contributed by atoms with Gasteiger partial charge in [0.15, 0.2) is 0 Å². The van der Waals surface area contributed by atoms with Gasteiger partial charge in [0.05, 0.1) is 12.5 Å². The zero-order valence-electron chi connectivity index (χ0n) is 12.6. The summed E-state index contributed by atoms with van der Waals surface area (Å²) in [5.74, 6) is -0.553. The van der Waals surface area contributed by atoms with Crippen molar-refractivity contribution in [1.29, 1.82) is 0 Å². The molecule has 112 valence electrons. The highest BCUT2D eigenvalue weighted by molar-refractivity contribution is 5.77. The van der Waals surface area contributed by atoms with Crippen LogP contribution in [0, 0.1) is 11.3 Å². The van der Waals surface area contributed by atoms with Crippen molar-refractivity contribution in [3.63, 3.8) is 0 Å². The van der Waals surface area contributed by atoms with Crippen LogP contribution in [0.2, 0.25) is 0 Å². The van der Waals surface area contributed by atoms with Crippen molar-refractivity contribution in [2.24, 2.45) is 11.3 Å². The molecule has 0 amide bonds. The lowest BCUT2D eigenvalue weighted by Gasteiger charge is -2.42. The molecule has 2 atom stereocenters. The molecule has 2 rings (SSSR count). The van der Waals surface area contributed by atoms with E-state index in [0.717, 1.165) is 37.7 Å². The van der Waals surface area contributed by atoms with E-state index in [0.29, 0.717) is 6.61 Å². The summed E-state index contributed by atoms with van der Waals surface area (Å²) >= 11 is 0. The Kier molecular flexibility index (Phi) is 4.51. The fourth-order valence-electron chi connectivity index (χ4n) is 3.97. The molecule has 0 N–H and O–H groups in total. The first-order valence-corrected chi connectivity index (χ1v) is 7.50. The van der Waals surface area contributed by atoms with E-state index in [-0.39, 0.29) is 29.4 Å². The van der Waals surface area contributed by atoms with Crippen LogP contribution in [-0.2, 0) is 19.1 Å². The lowest BCUT2D eigenvalue weighted by Crippen LogP contribution is -2.42. The monoisotopic (exact) mass is 280 g/mol. The highest BCUT2D eigenvalue weighted by Gasteiger charge is 2.50. The molecule has 2 aliphatic rings. The zero-order chi connectivity index (χ0) is 14.8. The summed E-state index contributed by atoms with van der Waals surface area (Å²) in [4.78, 5) is 23.5. The fraction of sp³-hybridized carbons (Fsp3) is 0.750. The van der Waals surface area contributed by atoms with E-state index in [9.17, 15) is 9.59 Å². The second kappa shape index (κ2) is 5.98. The van der Waals surface area contributed by atoms with Crippen molar-refractivity contribution in [3.05, 3.63) is 11.6 Å². The van der Waals surface area contributed by atoms with E-state index in [1.54, 1.807) is 0 Å². The highest BCUT2D eigenvalue weighted by atomic mass is 16.5. The van der Waals surface area contributed by atoms with Gasteiger partial charge in [-0.1, -0.05) is 18.4 Å². The molecule has 0 aromatic rings. The van der Waals surface area contributed by atoms with E-state index in [1.165, 1.54) is 6.92 Å². The first-order valence-electron chi connectivity index (χ1n) is 7.50. The second-order valence-corrected chi connectivity index (χ2v) is 6.02. The average Bonchev–Trinajstić information content (AvgIpc) is 2.76. The summed E-state index contributed by atoms with van der Waals surface area (Å²) in [7, 11) is 0. The molecule has 0 aliphatic heterocycles. The third kappa shape index (κ3) is 2.89. The van der Waals surface area contributed by atoms with Gasteiger partial charge in [0, 0.05) is 6.92 Å². The minimum Gasteiger partial charge on any atom is -0.466 e. The average molecular weight is 280 g/mol. The van der Waals surface area contributed by atoms with Crippen LogP contribution in [0.5, 0.6) is 0 Å². The third-order valence-electron chi connectivity index (χ3n) is 4.56. The number of hydrogen-bond donors (Lipinski definition) is 0. The molecule has 0 aromatic carbocycles. The molecule has 0 heterocycles. The van der Waals surface area contributed by atoms with Crippen LogP contribution in [0.15, 0.2) is 11.6 Å². The van der Waals surface area contributed by atoms with Gasteiger partial charge >= 0.3 is 11.9 Å². The molecule has 0 aromatic heterocycles. The molecule has 4 nitrogen and oxygen atoms in total. The lowest BCUT2D eigenvalue weighted by molar-refractivity contribution is -0.154. The summed E-state index contributed by atoms with van der Waals surface area (Å²) in [6, 6.07) is 0. The Balaban J connectivity index is 2.28. The summed E-state index contributed by atoms with van der Waals surface area (Å²) < 4.78 is 10.6. The maximum Gasteiger partial charge on any atom is 0.313 e. The number of esters is 2. The Morgan fingerprint density at radius 1 is 1.35 bits per heavy atom. The number of ether oxygens (including phenoxy) is 2. The largest absolute Gasteiger partial charge is 0.466 e. The summed E-state index contributed by atoms with van der Waals surface area (Å²) in [5.41, 5.74) is 0.911. The molecular formula is C16H24O4. The first-order chi connectivity index (χ1) is 9.48. The molecule has 1 fully saturated rings. The molecule has 2 aliphatic carbocycles. The quantitative estimate of drug-likeness (QED) is 0.589. The van der Waals surface area contributed by atoms with Crippen LogP contribution in [0.25, 0.3) is 0 Å². The van der Waals surface area contributed by atoms with Crippen molar-refractivity contribution >= 4 is 11.9 Å². The Labute approximate surface area is 120 Å². The molecular weight excluding hydrogens is 256 g/mol. The van der Waals surface area contributed by atoms with Crippen molar-refractivity contribution in [3.8, 4) is 0 Å². The minimum absolute atomic E-state index is 0.0782. The van der Waals surface area contributed by atoms with Gasteiger partial charge in [0.1, 0.15) is 6.10 Å². The molecule has 4 heteroatoms. The van der Waals surface area contributed by atoms with Crippen LogP contribution < -0.4 is 0 Å². The Hall–Kier alpha value is -1.32. The van der Waals surface area contributed by atoms with Crippen LogP contribution in [0.4, 0.5) is 0 Å². The second-order valence-electron chi connectivity index (χ2n) is 6.02. The SMILES string of the molecule is CCOC(=O)[C@@H]1C(C)=C[C@H](OC(C)=O)CC12CCCC2. The van der Waals surface area contributed by atoms with E-state index in [4.69, 9.17) is 9.47 Å². The Bertz CT molecular complexity index is 418. The van der Waals surface area contributed by atoms with Crippen molar-refractivity contribution in [2.75, 3.05) is 6.61 Å². The van der Waals surface area contributed by atoms with Gasteiger partial charge in [-0.25, -0.2) is 0 Å². The van der Waals surface area contributed by atoms with Crippen LogP contribution in [-0.4, -0.2) is 24.6 Å². The topological polar surface area (TPSA) is 52.6 Å². The molecule has 20 heavy (non-hydrogen) atoms. The van der Waals surface area contributed by atoms with Gasteiger partial charge in [-0.15, -0.1) is 0 Å². The molecule has 0 saturated heterocycles. The van der Waals surface area contributed by atoms with Crippen LogP contribution in [0.3, 0.4) is 0 Å². The molecule has 1 saturated carbocycles. The summed E-state index contributed by atoms with van der Waals surface area (Å²) in [5, 5.41) is 0. The van der Waals surface area contributed by atoms with Gasteiger partial charge in [0.25, 0.3) is 0 Å². The summed E-state index contributed by atoms with van der Waals surface area (Å²) in [6.07, 6.45) is 6.77.